The quantitative estimate of drug-likeness (QED) is 0.155. The van der Waals surface area contributed by atoms with Crippen LogP contribution in [0.2, 0.25) is 0 Å². The van der Waals surface area contributed by atoms with Crippen molar-refractivity contribution < 1.29 is 23.7 Å². The van der Waals surface area contributed by atoms with Crippen LogP contribution in [0, 0.1) is 83.1 Å². The zero-order valence-corrected chi connectivity index (χ0v) is 57.9. The summed E-state index contributed by atoms with van der Waals surface area (Å²) in [5.74, 6) is 7.97. The molecule has 0 spiro atoms. The van der Waals surface area contributed by atoms with Crippen LogP contribution in [0.1, 0.15) is 66.8 Å². The average molecular weight is 1280 g/mol. The molecule has 0 bridgehead atoms. The van der Waals surface area contributed by atoms with Crippen LogP contribution in [-0.2, 0) is 0 Å². The van der Waals surface area contributed by atoms with Crippen molar-refractivity contribution in [2.45, 2.75) is 83.1 Å². The highest BCUT2D eigenvalue weighted by Gasteiger charge is 2.49. The number of hydrogen-bond acceptors (Lipinski definition) is 6. The molecule has 6 heterocycles. The Labute approximate surface area is 580 Å². The van der Waals surface area contributed by atoms with Crippen molar-refractivity contribution in [3.63, 3.8) is 0 Å². The zero-order chi connectivity index (χ0) is 67.3. The fraction of sp³-hybridized carbons (Fsp3) is 0.133. The van der Waals surface area contributed by atoms with Gasteiger partial charge in [-0.25, -0.2) is 0 Å². The van der Waals surface area contributed by atoms with Crippen LogP contribution >= 0.6 is 0 Å². The highest BCUT2D eigenvalue weighted by molar-refractivity contribution is 7.03. The van der Waals surface area contributed by atoms with Gasteiger partial charge < -0.3 is 28.6 Å². The highest BCUT2D eigenvalue weighted by Crippen LogP contribution is 2.50. The first-order chi connectivity index (χ1) is 47.9. The Bertz CT molecular complexity index is 5680. The number of hydrogen-bond donors (Lipinski definition) is 0. The number of anilines is 3. The lowest BCUT2D eigenvalue weighted by molar-refractivity contribution is 0.456. The van der Waals surface area contributed by atoms with Crippen LogP contribution in [-0.4, -0.2) is 20.1 Å². The van der Waals surface area contributed by atoms with Crippen LogP contribution in [0.15, 0.2) is 206 Å². The lowest BCUT2D eigenvalue weighted by Gasteiger charge is -2.43. The van der Waals surface area contributed by atoms with Crippen LogP contribution in [0.3, 0.4) is 0 Å². The minimum absolute atomic E-state index is 0.246. The van der Waals surface area contributed by atoms with E-state index in [1.165, 1.54) is 83.5 Å². The molecule has 9 heteroatoms. The van der Waals surface area contributed by atoms with Gasteiger partial charge in [0.25, 0.3) is 20.1 Å². The molecule has 13 aromatic rings. The largest absolute Gasteiger partial charge is 0.458 e. The van der Waals surface area contributed by atoms with Gasteiger partial charge in [-0.05, 0) is 270 Å². The summed E-state index contributed by atoms with van der Waals surface area (Å²) in [5, 5.41) is 0. The molecular weight excluding hydrogens is 1210 g/mol. The molecule has 0 radical (unpaired) electrons. The summed E-state index contributed by atoms with van der Waals surface area (Å²) in [6.45, 7) is 25.8. The standard InChI is InChI=1S/C90H70B3NO5/c1-47-27-51(5)84(52(6)28-47)63-35-73-87-79(38-63)98-78-46-77-70(92-67-26-24-62(60-21-17-14-18-22-60)37-75(67)96-81-40-65(42-83(99-77)89(81)92)86-55(9)31-49(3)32-56(86)10)44-71(78)93(87)68-43-69-76(45-72(68)94(73)90-57(11)33-50(4)34-58(90)12)97-82-41-64(85-53(7)29-48(2)30-54(85)8)39-80-88(82)91(69)66-25-23-61(36-74(66)95-80)59-19-15-13-16-20-59/h13-46H,1-12H3. The maximum Gasteiger partial charge on any atom is 0.260 e. The molecule has 13 aromatic carbocycles. The molecule has 0 saturated carbocycles. The molecule has 474 valence electrons. The topological polar surface area (TPSA) is 49.4 Å². The second-order valence-corrected chi connectivity index (χ2v) is 29.0. The van der Waals surface area contributed by atoms with Gasteiger partial charge in [0.2, 0.25) is 0 Å². The minimum atomic E-state index is -0.327. The third kappa shape index (κ3) is 9.05. The molecule has 99 heavy (non-hydrogen) atoms. The van der Waals surface area contributed by atoms with E-state index in [1.54, 1.807) is 0 Å². The summed E-state index contributed by atoms with van der Waals surface area (Å²) in [4.78, 5) is 2.55. The zero-order valence-electron chi connectivity index (χ0n) is 57.9. The number of nitrogens with zero attached hydrogens (tertiary/aromatic N) is 1. The van der Waals surface area contributed by atoms with Crippen molar-refractivity contribution in [2.75, 3.05) is 4.90 Å². The van der Waals surface area contributed by atoms with Gasteiger partial charge in [0.05, 0.1) is 5.69 Å². The summed E-state index contributed by atoms with van der Waals surface area (Å²) >= 11 is 0. The first-order valence-corrected chi connectivity index (χ1v) is 34.7. The fourth-order valence-corrected chi connectivity index (χ4v) is 18.5. The van der Waals surface area contributed by atoms with Gasteiger partial charge in [0.1, 0.15) is 57.5 Å². The van der Waals surface area contributed by atoms with E-state index >= 15 is 0 Å². The smallest absolute Gasteiger partial charge is 0.260 e. The molecule has 0 N–H and O–H groups in total. The molecule has 0 fully saturated rings. The number of fused-ring (bicyclic) bond motifs is 12. The van der Waals surface area contributed by atoms with Gasteiger partial charge in [-0.3, -0.25) is 0 Å². The predicted molar refractivity (Wildman–Crippen MR) is 412 cm³/mol. The van der Waals surface area contributed by atoms with Crippen molar-refractivity contribution in [1.82, 2.24) is 0 Å². The third-order valence-corrected chi connectivity index (χ3v) is 21.9. The summed E-state index contributed by atoms with van der Waals surface area (Å²) in [6.07, 6.45) is 0. The SMILES string of the molecule is Cc1cc(C)c(-c2cc3c4c(c2)Oc2cc5c(cc2B4c2ccc(-c4ccccc4)cc2O3)B2c3cc4c(cc3N(c3c(C)cc(C)cc3C)c3cc(-c6c(C)cc(C)cc6C)cc(c32)O5)Oc2cc(-c3c(C)cc(C)cc3C)cc3c2B4c2ccc(-c4ccccc4)cc2O3)c(C)c1. The molecule has 6 aliphatic rings. The number of aryl methyl sites for hydroxylation is 12. The molecule has 6 aliphatic heterocycles. The van der Waals surface area contributed by atoms with E-state index in [4.69, 9.17) is 23.7 Å². The van der Waals surface area contributed by atoms with Crippen molar-refractivity contribution in [3.8, 4) is 113 Å². The second kappa shape index (κ2) is 21.7. The van der Waals surface area contributed by atoms with Gasteiger partial charge in [-0.2, -0.15) is 0 Å². The van der Waals surface area contributed by atoms with Crippen molar-refractivity contribution in [3.05, 3.63) is 273 Å². The molecular formula is C90H70B3NO5. The Morgan fingerprint density at radius 1 is 0.222 bits per heavy atom. The van der Waals surface area contributed by atoms with Gasteiger partial charge in [-0.15, -0.1) is 0 Å². The van der Waals surface area contributed by atoms with Gasteiger partial charge >= 0.3 is 0 Å². The normalized spacial score (nSPS) is 13.4. The average Bonchev–Trinajstić information content (AvgIpc) is 0.692. The Morgan fingerprint density at radius 2 is 0.535 bits per heavy atom. The molecule has 0 aliphatic carbocycles. The van der Waals surface area contributed by atoms with Crippen molar-refractivity contribution in [2.24, 2.45) is 0 Å². The van der Waals surface area contributed by atoms with E-state index < -0.39 is 0 Å². The molecule has 0 unspecified atom stereocenters. The highest BCUT2D eigenvalue weighted by atomic mass is 16.5. The maximum atomic E-state index is 7.72. The lowest BCUT2D eigenvalue weighted by atomic mass is 9.30. The molecule has 0 amide bonds. The van der Waals surface area contributed by atoms with E-state index in [1.807, 2.05) is 0 Å². The summed E-state index contributed by atoms with van der Waals surface area (Å²) in [5.41, 5.74) is 38.7. The molecule has 0 aromatic heterocycles. The van der Waals surface area contributed by atoms with Gasteiger partial charge in [-0.1, -0.05) is 168 Å². The first kappa shape index (κ1) is 59.1. The Morgan fingerprint density at radius 3 is 0.929 bits per heavy atom. The van der Waals surface area contributed by atoms with E-state index in [-0.39, 0.29) is 20.1 Å². The maximum absolute atomic E-state index is 7.72. The lowest BCUT2D eigenvalue weighted by Crippen LogP contribution is -2.64. The number of ether oxygens (including phenoxy) is 5. The first-order valence-electron chi connectivity index (χ1n) is 34.7. The summed E-state index contributed by atoms with van der Waals surface area (Å²) < 4.78 is 37.4. The minimum Gasteiger partial charge on any atom is -0.458 e. The molecule has 6 nitrogen and oxygen atoms in total. The summed E-state index contributed by atoms with van der Waals surface area (Å²) in [6, 6.07) is 76.5. The van der Waals surface area contributed by atoms with E-state index in [9.17, 15) is 0 Å². The van der Waals surface area contributed by atoms with Crippen LogP contribution in [0.4, 0.5) is 17.1 Å². The van der Waals surface area contributed by atoms with Crippen LogP contribution in [0.25, 0.3) is 55.6 Å². The molecule has 0 atom stereocenters. The van der Waals surface area contributed by atoms with Gasteiger partial charge in [0, 0.05) is 34.4 Å². The molecule has 0 saturated heterocycles. The van der Waals surface area contributed by atoms with Crippen molar-refractivity contribution in [1.29, 1.82) is 0 Å². The monoisotopic (exact) mass is 1280 g/mol. The second-order valence-electron chi connectivity index (χ2n) is 29.0. The van der Waals surface area contributed by atoms with Crippen LogP contribution < -0.4 is 77.7 Å². The predicted octanol–water partition coefficient (Wildman–Crippen LogP) is 17.6. The third-order valence-electron chi connectivity index (χ3n) is 21.9. The fourth-order valence-electron chi connectivity index (χ4n) is 18.5. The molecule has 19 rings (SSSR count). The Kier molecular flexibility index (Phi) is 13.0. The number of benzene rings is 13. The summed E-state index contributed by atoms with van der Waals surface area (Å²) in [7, 11) is 0. The van der Waals surface area contributed by atoms with E-state index in [0.29, 0.717) is 0 Å². The van der Waals surface area contributed by atoms with Crippen LogP contribution in [0.5, 0.6) is 57.5 Å². The van der Waals surface area contributed by atoms with Crippen molar-refractivity contribution >= 4 is 86.4 Å². The Hall–Kier alpha value is -11.1. The van der Waals surface area contributed by atoms with Gasteiger partial charge in [0.15, 0.2) is 0 Å². The van der Waals surface area contributed by atoms with E-state index in [2.05, 4.69) is 294 Å². The van der Waals surface area contributed by atoms with E-state index in [0.717, 1.165) is 163 Å². The number of rotatable bonds is 6. The Balaban J connectivity index is 0.882.